The number of hydrazine groups is 1. The molecule has 1 N–H and O–H groups in total. The molecule has 0 aliphatic rings. The molecule has 0 atom stereocenters. The molecule has 24 heavy (non-hydrogen) atoms. The van der Waals surface area contributed by atoms with Crippen LogP contribution in [0.4, 0.5) is 5.69 Å². The van der Waals surface area contributed by atoms with Gasteiger partial charge in [-0.25, -0.2) is 0 Å². The van der Waals surface area contributed by atoms with E-state index in [2.05, 4.69) is 5.43 Å². The van der Waals surface area contributed by atoms with Crippen molar-refractivity contribution in [1.29, 1.82) is 0 Å². The molecule has 3 rings (SSSR count). The minimum atomic E-state index is -0.409. The van der Waals surface area contributed by atoms with Gasteiger partial charge in [-0.15, -0.1) is 0 Å². The summed E-state index contributed by atoms with van der Waals surface area (Å²) in [5, 5.41) is 1.04. The van der Waals surface area contributed by atoms with Crippen LogP contribution in [0.5, 0.6) is 0 Å². The molecule has 3 aromatic carbocycles. The Labute approximate surface area is 140 Å². The molecule has 0 heterocycles. The van der Waals surface area contributed by atoms with Gasteiger partial charge in [0.15, 0.2) is 0 Å². The first-order valence-electron chi connectivity index (χ1n) is 7.56. The van der Waals surface area contributed by atoms with Crippen LogP contribution < -0.4 is 5.43 Å². The summed E-state index contributed by atoms with van der Waals surface area (Å²) in [5.74, 6) is -0.818. The van der Waals surface area contributed by atoms with E-state index in [0.717, 1.165) is 5.01 Å². The number of anilines is 1. The van der Waals surface area contributed by atoms with Gasteiger partial charge in [0.25, 0.3) is 11.8 Å². The molecule has 2 amide bonds. The van der Waals surface area contributed by atoms with Crippen molar-refractivity contribution < 1.29 is 9.59 Å². The van der Waals surface area contributed by atoms with Crippen LogP contribution in [0.15, 0.2) is 91.0 Å². The molecule has 0 aromatic heterocycles. The van der Waals surface area contributed by atoms with Gasteiger partial charge in [0.1, 0.15) is 0 Å². The Morgan fingerprint density at radius 2 is 0.958 bits per heavy atom. The molecule has 3 aromatic rings. The second-order valence-electron chi connectivity index (χ2n) is 5.16. The van der Waals surface area contributed by atoms with Gasteiger partial charge in [-0.2, -0.15) is 5.01 Å². The maximum atomic E-state index is 12.8. The predicted octanol–water partition coefficient (Wildman–Crippen LogP) is 4.00. The first kappa shape index (κ1) is 15.5. The zero-order valence-electron chi connectivity index (χ0n) is 12.9. The molecular weight excluding hydrogens is 300 g/mol. The van der Waals surface area contributed by atoms with E-state index in [1.807, 2.05) is 30.3 Å². The Balaban J connectivity index is 1.94. The fourth-order valence-corrected chi connectivity index (χ4v) is 2.26. The topological polar surface area (TPSA) is 49.4 Å². The summed E-state index contributed by atoms with van der Waals surface area (Å²) in [6.07, 6.45) is 0. The molecule has 0 saturated carbocycles. The van der Waals surface area contributed by atoms with Crippen molar-refractivity contribution in [1.82, 2.24) is 5.01 Å². The minimum Gasteiger partial charge on any atom is -0.288 e. The number of para-hydroxylation sites is 1. The number of rotatable bonds is 4. The van der Waals surface area contributed by atoms with Crippen LogP contribution in [0, 0.1) is 0 Å². The third-order valence-electron chi connectivity index (χ3n) is 3.46. The van der Waals surface area contributed by atoms with Crippen molar-refractivity contribution in [3.05, 3.63) is 102 Å². The highest BCUT2D eigenvalue weighted by molar-refractivity contribution is 6.11. The van der Waals surface area contributed by atoms with Gasteiger partial charge in [0.2, 0.25) is 0 Å². The fourth-order valence-electron chi connectivity index (χ4n) is 2.26. The lowest BCUT2D eigenvalue weighted by atomic mass is 10.1. The van der Waals surface area contributed by atoms with Crippen LogP contribution >= 0.6 is 0 Å². The molecule has 0 aliphatic carbocycles. The smallest absolute Gasteiger partial charge is 0.279 e. The van der Waals surface area contributed by atoms with Crippen molar-refractivity contribution >= 4 is 17.5 Å². The zero-order valence-corrected chi connectivity index (χ0v) is 12.9. The fraction of sp³-hybridized carbons (Fsp3) is 0. The first-order chi connectivity index (χ1) is 11.8. The van der Waals surface area contributed by atoms with Crippen LogP contribution in [0.1, 0.15) is 20.7 Å². The van der Waals surface area contributed by atoms with E-state index >= 15 is 0 Å². The van der Waals surface area contributed by atoms with E-state index in [9.17, 15) is 9.59 Å². The maximum absolute atomic E-state index is 12.8. The van der Waals surface area contributed by atoms with Gasteiger partial charge < -0.3 is 0 Å². The highest BCUT2D eigenvalue weighted by Gasteiger charge is 2.24. The largest absolute Gasteiger partial charge is 0.288 e. The normalized spacial score (nSPS) is 10.0. The van der Waals surface area contributed by atoms with Crippen LogP contribution in [0.2, 0.25) is 0 Å². The lowest BCUT2D eigenvalue weighted by Crippen LogP contribution is -2.41. The number of imide groups is 1. The Morgan fingerprint density at radius 3 is 1.38 bits per heavy atom. The molecule has 0 bridgehead atoms. The number of nitrogens with zero attached hydrogens (tertiary/aromatic N) is 1. The summed E-state index contributed by atoms with van der Waals surface area (Å²) in [6, 6.07) is 26.6. The van der Waals surface area contributed by atoms with E-state index < -0.39 is 11.8 Å². The van der Waals surface area contributed by atoms with Gasteiger partial charge >= 0.3 is 0 Å². The molecule has 4 nitrogen and oxygen atoms in total. The Bertz CT molecular complexity index is 767. The molecule has 0 aliphatic heterocycles. The zero-order chi connectivity index (χ0) is 16.8. The van der Waals surface area contributed by atoms with Crippen LogP contribution in [0.25, 0.3) is 0 Å². The van der Waals surface area contributed by atoms with Crippen molar-refractivity contribution in [3.8, 4) is 0 Å². The minimum absolute atomic E-state index is 0.409. The third-order valence-corrected chi connectivity index (χ3v) is 3.46. The van der Waals surface area contributed by atoms with Gasteiger partial charge in [0.05, 0.1) is 5.69 Å². The average molecular weight is 316 g/mol. The Kier molecular flexibility index (Phi) is 4.68. The molecule has 0 saturated heterocycles. The monoisotopic (exact) mass is 316 g/mol. The van der Waals surface area contributed by atoms with Crippen molar-refractivity contribution in [3.63, 3.8) is 0 Å². The molecule has 118 valence electrons. The first-order valence-corrected chi connectivity index (χ1v) is 7.56. The summed E-state index contributed by atoms with van der Waals surface area (Å²) in [7, 11) is 0. The van der Waals surface area contributed by atoms with Gasteiger partial charge in [-0.05, 0) is 36.4 Å². The number of hydrogen-bond donors (Lipinski definition) is 1. The van der Waals surface area contributed by atoms with E-state index in [1.54, 1.807) is 60.7 Å². The third kappa shape index (κ3) is 3.50. The quantitative estimate of drug-likeness (QED) is 0.585. The van der Waals surface area contributed by atoms with E-state index in [4.69, 9.17) is 0 Å². The van der Waals surface area contributed by atoms with Crippen molar-refractivity contribution in [2.45, 2.75) is 0 Å². The average Bonchev–Trinajstić information content (AvgIpc) is 2.67. The number of benzene rings is 3. The van der Waals surface area contributed by atoms with Crippen LogP contribution in [-0.2, 0) is 0 Å². The van der Waals surface area contributed by atoms with Gasteiger partial charge in [-0.3, -0.25) is 15.0 Å². The lowest BCUT2D eigenvalue weighted by Gasteiger charge is -2.22. The van der Waals surface area contributed by atoms with Crippen LogP contribution in [-0.4, -0.2) is 16.8 Å². The van der Waals surface area contributed by atoms with Gasteiger partial charge in [-0.1, -0.05) is 54.6 Å². The summed E-state index contributed by atoms with van der Waals surface area (Å²) in [6.45, 7) is 0. The molecule has 0 unspecified atom stereocenters. The maximum Gasteiger partial charge on any atom is 0.279 e. The highest BCUT2D eigenvalue weighted by Crippen LogP contribution is 2.14. The van der Waals surface area contributed by atoms with E-state index in [1.165, 1.54) is 0 Å². The summed E-state index contributed by atoms with van der Waals surface area (Å²) < 4.78 is 0. The highest BCUT2D eigenvalue weighted by atomic mass is 16.2. The predicted molar refractivity (Wildman–Crippen MR) is 93.4 cm³/mol. The number of nitrogens with one attached hydrogen (secondary N) is 1. The van der Waals surface area contributed by atoms with Gasteiger partial charge in [0, 0.05) is 11.1 Å². The number of carbonyl (C=O) groups is 2. The lowest BCUT2D eigenvalue weighted by molar-refractivity contribution is 0.0654. The number of carbonyl (C=O) groups excluding carboxylic acids is 2. The van der Waals surface area contributed by atoms with Crippen molar-refractivity contribution in [2.24, 2.45) is 0 Å². The molecular formula is C20H16N2O2. The van der Waals surface area contributed by atoms with E-state index in [0.29, 0.717) is 16.8 Å². The number of hydrogen-bond acceptors (Lipinski definition) is 3. The standard InChI is InChI=1S/C20H16N2O2/c23-19(16-10-4-1-5-11-16)22(21-18-14-8-3-9-15-18)20(24)17-12-6-2-7-13-17/h1-15,21H. The molecule has 0 fully saturated rings. The SMILES string of the molecule is O=C(c1ccccc1)N(Nc1ccccc1)C(=O)c1ccccc1. The Morgan fingerprint density at radius 1 is 0.583 bits per heavy atom. The molecule has 0 spiro atoms. The molecule has 4 heteroatoms. The van der Waals surface area contributed by atoms with Crippen molar-refractivity contribution in [2.75, 3.05) is 5.43 Å². The summed E-state index contributed by atoms with van der Waals surface area (Å²) in [5.41, 5.74) is 4.44. The number of amides is 2. The second kappa shape index (κ2) is 7.24. The van der Waals surface area contributed by atoms with E-state index in [-0.39, 0.29) is 0 Å². The summed E-state index contributed by atoms with van der Waals surface area (Å²) >= 11 is 0. The molecule has 0 radical (unpaired) electrons. The van der Waals surface area contributed by atoms with Crippen LogP contribution in [0.3, 0.4) is 0 Å². The second-order valence-corrected chi connectivity index (χ2v) is 5.16. The summed E-state index contributed by atoms with van der Waals surface area (Å²) in [4.78, 5) is 25.6. The Hall–Kier alpha value is -3.40.